The van der Waals surface area contributed by atoms with Crippen molar-refractivity contribution >= 4 is 11.6 Å². The lowest BCUT2D eigenvalue weighted by Crippen LogP contribution is -2.29. The summed E-state index contributed by atoms with van der Waals surface area (Å²) in [5.41, 5.74) is 5.56. The molecule has 19 heavy (non-hydrogen) atoms. The number of hydrogen-bond donors (Lipinski definition) is 2. The summed E-state index contributed by atoms with van der Waals surface area (Å²) in [6.07, 6.45) is 1.76. The minimum atomic E-state index is -0.270. The summed E-state index contributed by atoms with van der Waals surface area (Å²) < 4.78 is 5.35. The molecule has 0 bridgehead atoms. The Morgan fingerprint density at radius 3 is 2.74 bits per heavy atom. The van der Waals surface area contributed by atoms with Gasteiger partial charge < -0.3 is 4.74 Å². The fourth-order valence-corrected chi connectivity index (χ4v) is 2.16. The lowest BCUT2D eigenvalue weighted by atomic mass is 10.0. The molecule has 0 radical (unpaired) electrons. The maximum Gasteiger partial charge on any atom is 0.124 e. The van der Waals surface area contributed by atoms with Crippen molar-refractivity contribution in [3.05, 3.63) is 58.4 Å². The van der Waals surface area contributed by atoms with Crippen molar-refractivity contribution in [1.82, 2.24) is 10.4 Å². The highest BCUT2D eigenvalue weighted by molar-refractivity contribution is 6.30. The molecular weight excluding hydrogens is 262 g/mol. The molecule has 3 N–H and O–H groups in total. The van der Waals surface area contributed by atoms with Gasteiger partial charge in [-0.2, -0.15) is 0 Å². The van der Waals surface area contributed by atoms with Gasteiger partial charge in [0.2, 0.25) is 0 Å². The summed E-state index contributed by atoms with van der Waals surface area (Å²) in [5.74, 6) is 6.39. The van der Waals surface area contributed by atoms with Gasteiger partial charge in [0.1, 0.15) is 5.75 Å². The largest absolute Gasteiger partial charge is 0.496 e. The maximum absolute atomic E-state index is 6.05. The standard InChI is InChI=1S/C14H16ClN3O/c1-9-5-6-17-12(7-9)14(18-16)11-8-10(15)3-4-13(11)19-2/h3-8,14,18H,16H2,1-2H3. The number of nitrogens with one attached hydrogen (secondary N) is 1. The highest BCUT2D eigenvalue weighted by Crippen LogP contribution is 2.31. The first-order valence-electron chi connectivity index (χ1n) is 5.88. The monoisotopic (exact) mass is 277 g/mol. The zero-order valence-electron chi connectivity index (χ0n) is 10.9. The third kappa shape index (κ3) is 3.04. The van der Waals surface area contributed by atoms with Crippen LogP contribution in [0.1, 0.15) is 22.9 Å². The Balaban J connectivity index is 2.50. The van der Waals surface area contributed by atoms with E-state index >= 15 is 0 Å². The van der Waals surface area contributed by atoms with Crippen molar-refractivity contribution in [2.24, 2.45) is 5.84 Å². The molecule has 0 aliphatic rings. The molecule has 2 rings (SSSR count). The molecule has 100 valence electrons. The number of rotatable bonds is 4. The number of nitrogens with zero attached hydrogens (tertiary/aromatic N) is 1. The van der Waals surface area contributed by atoms with Crippen molar-refractivity contribution < 1.29 is 4.74 Å². The molecule has 0 spiro atoms. The van der Waals surface area contributed by atoms with Crippen LogP contribution in [-0.4, -0.2) is 12.1 Å². The summed E-state index contributed by atoms with van der Waals surface area (Å²) >= 11 is 6.05. The number of aryl methyl sites for hydroxylation is 1. The normalized spacial score (nSPS) is 12.2. The van der Waals surface area contributed by atoms with Gasteiger partial charge in [-0.3, -0.25) is 10.8 Å². The Bertz CT molecular complexity index is 574. The van der Waals surface area contributed by atoms with Crippen LogP contribution in [0.25, 0.3) is 0 Å². The molecule has 0 aliphatic carbocycles. The molecule has 1 unspecified atom stereocenters. The summed E-state index contributed by atoms with van der Waals surface area (Å²) in [5, 5.41) is 0.628. The van der Waals surface area contributed by atoms with Gasteiger partial charge in [0.05, 0.1) is 18.8 Å². The minimum absolute atomic E-state index is 0.270. The van der Waals surface area contributed by atoms with Crippen LogP contribution in [0.15, 0.2) is 36.5 Å². The number of hydrogen-bond acceptors (Lipinski definition) is 4. The number of nitrogens with two attached hydrogens (primary N) is 1. The van der Waals surface area contributed by atoms with E-state index in [4.69, 9.17) is 22.2 Å². The predicted molar refractivity (Wildman–Crippen MR) is 76.1 cm³/mol. The molecule has 1 atom stereocenters. The first kappa shape index (κ1) is 13.8. The molecule has 0 saturated heterocycles. The van der Waals surface area contributed by atoms with E-state index in [1.165, 1.54) is 0 Å². The molecule has 1 aromatic heterocycles. The lowest BCUT2D eigenvalue weighted by Gasteiger charge is -2.19. The zero-order valence-corrected chi connectivity index (χ0v) is 11.6. The number of hydrazine groups is 1. The molecule has 2 aromatic rings. The Morgan fingerprint density at radius 1 is 1.32 bits per heavy atom. The second-order valence-corrected chi connectivity index (χ2v) is 4.68. The fourth-order valence-electron chi connectivity index (χ4n) is 1.98. The Labute approximate surface area is 117 Å². The molecule has 1 aromatic carbocycles. The van der Waals surface area contributed by atoms with Crippen molar-refractivity contribution in [1.29, 1.82) is 0 Å². The Kier molecular flexibility index (Phi) is 4.37. The molecule has 5 heteroatoms. The van der Waals surface area contributed by atoms with Gasteiger partial charge in [0.15, 0.2) is 0 Å². The number of methoxy groups -OCH3 is 1. The van der Waals surface area contributed by atoms with Crippen LogP contribution in [0.5, 0.6) is 5.75 Å². The van der Waals surface area contributed by atoms with E-state index in [0.29, 0.717) is 5.02 Å². The van der Waals surface area contributed by atoms with Gasteiger partial charge in [-0.05, 0) is 42.8 Å². The lowest BCUT2D eigenvalue weighted by molar-refractivity contribution is 0.403. The summed E-state index contributed by atoms with van der Waals surface area (Å²) in [6, 6.07) is 9.07. The van der Waals surface area contributed by atoms with Crippen LogP contribution >= 0.6 is 11.6 Å². The van der Waals surface area contributed by atoms with Crippen molar-refractivity contribution in [3.63, 3.8) is 0 Å². The smallest absolute Gasteiger partial charge is 0.124 e. The van der Waals surface area contributed by atoms with Crippen molar-refractivity contribution in [3.8, 4) is 5.75 Å². The molecular formula is C14H16ClN3O. The van der Waals surface area contributed by atoms with E-state index in [0.717, 1.165) is 22.6 Å². The number of aromatic nitrogens is 1. The first-order chi connectivity index (χ1) is 9.15. The van der Waals surface area contributed by atoms with Crippen LogP contribution in [0.3, 0.4) is 0 Å². The maximum atomic E-state index is 6.05. The third-order valence-electron chi connectivity index (χ3n) is 2.90. The Morgan fingerprint density at radius 2 is 2.11 bits per heavy atom. The highest BCUT2D eigenvalue weighted by atomic mass is 35.5. The van der Waals surface area contributed by atoms with Gasteiger partial charge in [0.25, 0.3) is 0 Å². The first-order valence-corrected chi connectivity index (χ1v) is 6.25. The van der Waals surface area contributed by atoms with E-state index in [2.05, 4.69) is 10.4 Å². The number of halogens is 1. The van der Waals surface area contributed by atoms with Gasteiger partial charge in [-0.25, -0.2) is 5.43 Å². The number of pyridine rings is 1. The van der Waals surface area contributed by atoms with E-state index in [-0.39, 0.29) is 6.04 Å². The minimum Gasteiger partial charge on any atom is -0.496 e. The molecule has 0 amide bonds. The van der Waals surface area contributed by atoms with Crippen LogP contribution < -0.4 is 16.0 Å². The molecule has 4 nitrogen and oxygen atoms in total. The number of benzene rings is 1. The zero-order chi connectivity index (χ0) is 13.8. The summed E-state index contributed by atoms with van der Waals surface area (Å²) in [7, 11) is 1.62. The van der Waals surface area contributed by atoms with Gasteiger partial charge in [-0.1, -0.05) is 11.6 Å². The Hall–Kier alpha value is -1.62. The summed E-state index contributed by atoms with van der Waals surface area (Å²) in [6.45, 7) is 2.01. The van der Waals surface area contributed by atoms with E-state index in [1.807, 2.05) is 31.2 Å². The van der Waals surface area contributed by atoms with Gasteiger partial charge in [-0.15, -0.1) is 0 Å². The number of ether oxygens (including phenoxy) is 1. The average Bonchev–Trinajstić information content (AvgIpc) is 2.40. The average molecular weight is 278 g/mol. The van der Waals surface area contributed by atoms with Crippen LogP contribution in [0.4, 0.5) is 0 Å². The topological polar surface area (TPSA) is 60.2 Å². The summed E-state index contributed by atoms with van der Waals surface area (Å²) in [4.78, 5) is 4.35. The molecule has 1 heterocycles. The quantitative estimate of drug-likeness (QED) is 0.666. The second-order valence-electron chi connectivity index (χ2n) is 4.24. The second kappa shape index (κ2) is 6.02. The third-order valence-corrected chi connectivity index (χ3v) is 3.14. The van der Waals surface area contributed by atoms with Gasteiger partial charge in [0, 0.05) is 16.8 Å². The van der Waals surface area contributed by atoms with Crippen molar-refractivity contribution in [2.75, 3.05) is 7.11 Å². The fraction of sp³-hybridized carbons (Fsp3) is 0.214. The van der Waals surface area contributed by atoms with Crippen LogP contribution in [0.2, 0.25) is 5.02 Å². The van der Waals surface area contributed by atoms with Gasteiger partial charge >= 0.3 is 0 Å². The SMILES string of the molecule is COc1ccc(Cl)cc1C(NN)c1cc(C)ccn1. The highest BCUT2D eigenvalue weighted by Gasteiger charge is 2.18. The van der Waals surface area contributed by atoms with E-state index in [1.54, 1.807) is 19.4 Å². The predicted octanol–water partition coefficient (Wildman–Crippen LogP) is 2.60. The molecule has 0 saturated carbocycles. The van der Waals surface area contributed by atoms with Crippen LogP contribution in [0, 0.1) is 6.92 Å². The molecule has 0 aliphatic heterocycles. The van der Waals surface area contributed by atoms with Crippen LogP contribution in [-0.2, 0) is 0 Å². The molecule has 0 fully saturated rings. The van der Waals surface area contributed by atoms with E-state index in [9.17, 15) is 0 Å². The van der Waals surface area contributed by atoms with E-state index < -0.39 is 0 Å². The van der Waals surface area contributed by atoms with Crippen molar-refractivity contribution in [2.45, 2.75) is 13.0 Å².